The predicted molar refractivity (Wildman–Crippen MR) is 128 cm³/mol. The molecule has 0 spiro atoms. The second-order valence-corrected chi connectivity index (χ2v) is 9.17. The minimum absolute atomic E-state index is 0.0534. The Morgan fingerprint density at radius 3 is 1.88 bits per heavy atom. The third kappa shape index (κ3) is 5.40. The SMILES string of the molecule is CCN(c1ccccc1)S(=O)(=O)c1ccc(C(=O)O[C@H](C)C(=O)N(C)c2ccccc2)cc1. The molecule has 0 aliphatic carbocycles. The van der Waals surface area contributed by atoms with Gasteiger partial charge in [-0.25, -0.2) is 13.2 Å². The number of esters is 1. The van der Waals surface area contributed by atoms with Crippen molar-refractivity contribution in [2.24, 2.45) is 0 Å². The van der Waals surface area contributed by atoms with Crippen LogP contribution in [-0.4, -0.2) is 40.0 Å². The average Bonchev–Trinajstić information content (AvgIpc) is 2.84. The molecule has 0 unspecified atom stereocenters. The van der Waals surface area contributed by atoms with E-state index in [1.165, 1.54) is 40.4 Å². The van der Waals surface area contributed by atoms with Crippen LogP contribution < -0.4 is 9.21 Å². The van der Waals surface area contributed by atoms with E-state index < -0.39 is 22.1 Å². The minimum Gasteiger partial charge on any atom is -0.449 e. The number of hydrogen-bond donors (Lipinski definition) is 0. The van der Waals surface area contributed by atoms with Crippen molar-refractivity contribution in [2.45, 2.75) is 24.8 Å². The first-order chi connectivity index (χ1) is 15.8. The van der Waals surface area contributed by atoms with E-state index >= 15 is 0 Å². The number of sulfonamides is 1. The van der Waals surface area contributed by atoms with Gasteiger partial charge < -0.3 is 9.64 Å². The van der Waals surface area contributed by atoms with Crippen molar-refractivity contribution in [3.8, 4) is 0 Å². The van der Waals surface area contributed by atoms with Gasteiger partial charge in [0.05, 0.1) is 16.1 Å². The van der Waals surface area contributed by atoms with Crippen LogP contribution in [-0.2, 0) is 19.6 Å². The highest BCUT2D eigenvalue weighted by atomic mass is 32.2. The number of amides is 1. The summed E-state index contributed by atoms with van der Waals surface area (Å²) < 4.78 is 32.8. The van der Waals surface area contributed by atoms with E-state index in [4.69, 9.17) is 4.74 Å². The van der Waals surface area contributed by atoms with Crippen LogP contribution in [0.3, 0.4) is 0 Å². The molecule has 0 aliphatic rings. The Bertz CT molecular complexity index is 1200. The van der Waals surface area contributed by atoms with Crippen molar-refractivity contribution >= 4 is 33.3 Å². The smallest absolute Gasteiger partial charge is 0.338 e. The van der Waals surface area contributed by atoms with Gasteiger partial charge in [-0.1, -0.05) is 36.4 Å². The Hall–Kier alpha value is -3.65. The van der Waals surface area contributed by atoms with Gasteiger partial charge in [0.15, 0.2) is 6.10 Å². The molecule has 0 radical (unpaired) electrons. The largest absolute Gasteiger partial charge is 0.449 e. The first kappa shape index (κ1) is 24.0. The van der Waals surface area contributed by atoms with Crippen molar-refractivity contribution in [1.29, 1.82) is 0 Å². The molecule has 0 aromatic heterocycles. The van der Waals surface area contributed by atoms with Crippen molar-refractivity contribution in [1.82, 2.24) is 0 Å². The molecule has 3 aromatic carbocycles. The van der Waals surface area contributed by atoms with Gasteiger partial charge in [0.2, 0.25) is 0 Å². The highest BCUT2D eigenvalue weighted by molar-refractivity contribution is 7.92. The number of carbonyl (C=O) groups excluding carboxylic acids is 2. The second-order valence-electron chi connectivity index (χ2n) is 7.31. The fraction of sp³-hybridized carbons (Fsp3) is 0.200. The molecule has 0 saturated carbocycles. The molecule has 0 saturated heterocycles. The molecule has 1 amide bonds. The monoisotopic (exact) mass is 466 g/mol. The number of para-hydroxylation sites is 2. The third-order valence-corrected chi connectivity index (χ3v) is 7.03. The van der Waals surface area contributed by atoms with Gasteiger partial charge in [0, 0.05) is 19.3 Å². The second kappa shape index (κ2) is 10.3. The normalized spacial score (nSPS) is 12.0. The first-order valence-corrected chi connectivity index (χ1v) is 11.9. The molecule has 8 heteroatoms. The number of nitrogens with zero attached hydrogens (tertiary/aromatic N) is 2. The molecule has 1 atom stereocenters. The lowest BCUT2D eigenvalue weighted by Gasteiger charge is -2.23. The molecule has 0 bridgehead atoms. The van der Waals surface area contributed by atoms with Crippen LogP contribution in [0, 0.1) is 0 Å². The third-order valence-electron chi connectivity index (χ3n) is 5.12. The summed E-state index contributed by atoms with van der Waals surface area (Å²) in [6.45, 7) is 3.50. The average molecular weight is 467 g/mol. The van der Waals surface area contributed by atoms with Crippen LogP contribution >= 0.6 is 0 Å². The van der Waals surface area contributed by atoms with Crippen LogP contribution in [0.25, 0.3) is 0 Å². The zero-order chi connectivity index (χ0) is 24.0. The molecule has 0 fully saturated rings. The van der Waals surface area contributed by atoms with E-state index in [0.29, 0.717) is 11.4 Å². The van der Waals surface area contributed by atoms with Crippen molar-refractivity contribution in [2.75, 3.05) is 22.8 Å². The summed E-state index contributed by atoms with van der Waals surface area (Å²) in [4.78, 5) is 26.6. The van der Waals surface area contributed by atoms with E-state index in [1.807, 2.05) is 24.3 Å². The summed E-state index contributed by atoms with van der Waals surface area (Å²) in [6.07, 6.45) is -1.01. The Kier molecular flexibility index (Phi) is 7.50. The van der Waals surface area contributed by atoms with Gasteiger partial charge in [-0.3, -0.25) is 9.10 Å². The maximum atomic E-state index is 13.1. The van der Waals surface area contributed by atoms with Gasteiger partial charge in [-0.05, 0) is 62.4 Å². The fourth-order valence-electron chi connectivity index (χ4n) is 3.31. The van der Waals surface area contributed by atoms with Gasteiger partial charge in [-0.15, -0.1) is 0 Å². The highest BCUT2D eigenvalue weighted by Crippen LogP contribution is 2.23. The van der Waals surface area contributed by atoms with E-state index in [2.05, 4.69) is 0 Å². The summed E-state index contributed by atoms with van der Waals surface area (Å²) in [7, 11) is -2.20. The first-order valence-electron chi connectivity index (χ1n) is 10.5. The molecule has 0 heterocycles. The lowest BCUT2D eigenvalue weighted by atomic mass is 10.2. The number of carbonyl (C=O) groups is 2. The minimum atomic E-state index is -3.80. The van der Waals surface area contributed by atoms with Crippen LogP contribution in [0.5, 0.6) is 0 Å². The van der Waals surface area contributed by atoms with Crippen LogP contribution in [0.4, 0.5) is 11.4 Å². The van der Waals surface area contributed by atoms with E-state index in [0.717, 1.165) is 0 Å². The molecular formula is C25H26N2O5S. The lowest BCUT2D eigenvalue weighted by molar-refractivity contribution is -0.126. The van der Waals surface area contributed by atoms with Gasteiger partial charge in [0.25, 0.3) is 15.9 Å². The molecule has 172 valence electrons. The van der Waals surface area contributed by atoms with Crippen molar-refractivity contribution in [3.05, 3.63) is 90.5 Å². The number of likely N-dealkylation sites (N-methyl/N-ethyl adjacent to an activating group) is 1. The number of ether oxygens (including phenoxy) is 1. The van der Waals surface area contributed by atoms with Crippen LogP contribution in [0.15, 0.2) is 89.8 Å². The fourth-order valence-corrected chi connectivity index (χ4v) is 4.78. The van der Waals surface area contributed by atoms with Gasteiger partial charge in [-0.2, -0.15) is 0 Å². The standard InChI is InChI=1S/C25H26N2O5S/c1-4-27(22-13-9-6-10-14-22)33(30,31)23-17-15-20(16-18-23)25(29)32-19(2)24(28)26(3)21-11-7-5-8-12-21/h5-19H,4H2,1-3H3/t19-/m1/s1. The summed E-state index contributed by atoms with van der Waals surface area (Å²) in [6, 6.07) is 23.3. The van der Waals surface area contributed by atoms with Crippen LogP contribution in [0.2, 0.25) is 0 Å². The van der Waals surface area contributed by atoms with Crippen molar-refractivity contribution < 1.29 is 22.7 Å². The molecule has 3 aromatic rings. The molecule has 0 N–H and O–H groups in total. The summed E-state index contributed by atoms with van der Waals surface area (Å²) >= 11 is 0. The van der Waals surface area contributed by atoms with Crippen LogP contribution in [0.1, 0.15) is 24.2 Å². The number of rotatable bonds is 8. The van der Waals surface area contributed by atoms with E-state index in [-0.39, 0.29) is 22.9 Å². The lowest BCUT2D eigenvalue weighted by Crippen LogP contribution is -2.37. The number of anilines is 2. The summed E-state index contributed by atoms with van der Waals surface area (Å²) in [5, 5.41) is 0. The maximum Gasteiger partial charge on any atom is 0.338 e. The zero-order valence-electron chi connectivity index (χ0n) is 18.7. The molecule has 33 heavy (non-hydrogen) atoms. The van der Waals surface area contributed by atoms with Crippen molar-refractivity contribution in [3.63, 3.8) is 0 Å². The Morgan fingerprint density at radius 1 is 0.848 bits per heavy atom. The Labute approximate surface area is 194 Å². The topological polar surface area (TPSA) is 84.0 Å². The Balaban J connectivity index is 1.71. The predicted octanol–water partition coefficient (Wildman–Crippen LogP) is 4.11. The number of hydrogen-bond acceptors (Lipinski definition) is 5. The highest BCUT2D eigenvalue weighted by Gasteiger charge is 2.25. The maximum absolute atomic E-state index is 13.1. The van der Waals surface area contributed by atoms with Gasteiger partial charge >= 0.3 is 5.97 Å². The summed E-state index contributed by atoms with van der Waals surface area (Å²) in [5.41, 5.74) is 1.39. The zero-order valence-corrected chi connectivity index (χ0v) is 19.5. The quantitative estimate of drug-likeness (QED) is 0.467. The molecule has 3 rings (SSSR count). The van der Waals surface area contributed by atoms with E-state index in [1.54, 1.807) is 50.4 Å². The summed E-state index contributed by atoms with van der Waals surface area (Å²) in [5.74, 6) is -1.09. The molecular weight excluding hydrogens is 440 g/mol. The Morgan fingerprint density at radius 2 is 1.36 bits per heavy atom. The number of benzene rings is 3. The van der Waals surface area contributed by atoms with Gasteiger partial charge in [0.1, 0.15) is 0 Å². The van der Waals surface area contributed by atoms with E-state index in [9.17, 15) is 18.0 Å². The molecule has 7 nitrogen and oxygen atoms in total. The molecule has 0 aliphatic heterocycles.